The van der Waals surface area contributed by atoms with E-state index in [9.17, 15) is 0 Å². The van der Waals surface area contributed by atoms with Gasteiger partial charge < -0.3 is 14.5 Å². The Morgan fingerprint density at radius 1 is 1.07 bits per heavy atom. The fraction of sp³-hybridized carbons (Fsp3) is 1.00. The molecule has 0 aromatic carbocycles. The monoisotopic (exact) mass is 358 g/mol. The van der Waals surface area contributed by atoms with Crippen LogP contribution in [-0.4, -0.2) is 18.7 Å². The zero-order valence-corrected chi connectivity index (χ0v) is 13.9. The first-order valence-electron chi connectivity index (χ1n) is 4.74. The molecule has 94 valence electrons. The molecule has 0 saturated carbocycles. The summed E-state index contributed by atoms with van der Waals surface area (Å²) in [5.41, 5.74) is -2.22. The van der Waals surface area contributed by atoms with Crippen molar-refractivity contribution in [2.45, 2.75) is 39.5 Å². The molecule has 0 bridgehead atoms. The van der Waals surface area contributed by atoms with Gasteiger partial charge in [0.25, 0.3) is 0 Å². The topological polar surface area (TPSA) is 50.0 Å². The Hall–Kier alpha value is 1.57. The molecule has 0 aliphatic heterocycles. The molecule has 7 heteroatoms. The van der Waals surface area contributed by atoms with Crippen molar-refractivity contribution in [3.63, 3.8) is 0 Å². The first kappa shape index (κ1) is 21.8. The maximum absolute atomic E-state index is 5.38. The van der Waals surface area contributed by atoms with Gasteiger partial charge in [-0.2, -0.15) is 0 Å². The molecule has 0 saturated heterocycles. The summed E-state index contributed by atoms with van der Waals surface area (Å²) in [6, 6.07) is 0. The summed E-state index contributed by atoms with van der Waals surface area (Å²) < 4.78 is 10.8. The summed E-state index contributed by atoms with van der Waals surface area (Å²) in [6.07, 6.45) is 4.27. The van der Waals surface area contributed by atoms with Crippen molar-refractivity contribution in [3.8, 4) is 0 Å². The summed E-state index contributed by atoms with van der Waals surface area (Å²) in [6.45, 7) is 5.57. The van der Waals surface area contributed by atoms with Crippen LogP contribution in [0, 0.1) is 0 Å². The van der Waals surface area contributed by atoms with E-state index >= 15 is 0 Å². The van der Waals surface area contributed by atoms with Crippen LogP contribution in [0.1, 0.15) is 39.5 Å². The van der Waals surface area contributed by atoms with Gasteiger partial charge in [-0.1, -0.05) is 38.9 Å². The Balaban J connectivity index is -0.000000720. The van der Waals surface area contributed by atoms with Gasteiger partial charge in [-0.25, -0.2) is 0 Å². The third-order valence-corrected chi connectivity index (χ3v) is 3.85. The molecule has 0 heterocycles. The molecule has 0 amide bonds. The van der Waals surface area contributed by atoms with Crippen LogP contribution in [0.25, 0.3) is 0 Å². The fourth-order valence-electron chi connectivity index (χ4n) is 0.686. The van der Waals surface area contributed by atoms with Crippen molar-refractivity contribution >= 4 is 29.7 Å². The molecule has 0 aromatic rings. The van der Waals surface area contributed by atoms with Crippen molar-refractivity contribution in [1.29, 1.82) is 0 Å². The second kappa shape index (κ2) is 13.6. The van der Waals surface area contributed by atoms with Crippen molar-refractivity contribution in [2.24, 2.45) is 0 Å². The largest absolute Gasteiger partial charge is 0.412 e. The summed E-state index contributed by atoms with van der Waals surface area (Å²) in [5.74, 6) is 0. The average molecular weight is 356 g/mol. The maximum Gasteiger partial charge on any atom is 0.244 e. The van der Waals surface area contributed by atoms with Crippen LogP contribution >= 0.6 is 17.9 Å². The average Bonchev–Trinajstić information content (AvgIpc) is 2.05. The second-order valence-electron chi connectivity index (χ2n) is 2.84. The Bertz CT molecular complexity index is 158. The summed E-state index contributed by atoms with van der Waals surface area (Å²) >= 11 is 9.31. The van der Waals surface area contributed by atoms with Gasteiger partial charge in [0.05, 0.1) is 13.2 Å². The van der Waals surface area contributed by atoms with Crippen molar-refractivity contribution < 1.29 is 35.6 Å². The molecular weight excluding hydrogens is 335 g/mol. The van der Waals surface area contributed by atoms with Gasteiger partial charge in [0.2, 0.25) is 5.69 Å². The molecule has 0 fully saturated rings. The van der Waals surface area contributed by atoms with Crippen molar-refractivity contribution in [3.05, 3.63) is 0 Å². The minimum atomic E-state index is -2.22. The third kappa shape index (κ3) is 15.6. The molecule has 15 heavy (non-hydrogen) atoms. The van der Waals surface area contributed by atoms with Gasteiger partial charge in [0.1, 0.15) is 0 Å². The molecule has 0 aliphatic rings. The zero-order valence-electron chi connectivity index (χ0n) is 9.27. The van der Waals surface area contributed by atoms with Crippen molar-refractivity contribution in [1.82, 2.24) is 0 Å². The Labute approximate surface area is 118 Å². The molecule has 0 aromatic heterocycles. The van der Waals surface area contributed by atoms with Crippen LogP contribution in [0.3, 0.4) is 0 Å². The Morgan fingerprint density at radius 2 is 1.40 bits per heavy atom. The number of unbranched alkanes of at least 4 members (excludes halogenated alkanes) is 2. The summed E-state index contributed by atoms with van der Waals surface area (Å²) in [7, 11) is 0. The van der Waals surface area contributed by atoms with Crippen molar-refractivity contribution in [2.75, 3.05) is 13.2 Å². The SMILES string of the molecule is CCCCOP(=S)(S)OCCCC.O.[Mo]. The molecule has 0 unspecified atom stereocenters. The predicted molar refractivity (Wildman–Crippen MR) is 68.6 cm³/mol. The van der Waals surface area contributed by atoms with Gasteiger partial charge in [0.15, 0.2) is 0 Å². The van der Waals surface area contributed by atoms with Gasteiger partial charge in [-0.15, -0.1) is 0 Å². The molecule has 0 spiro atoms. The van der Waals surface area contributed by atoms with E-state index in [1.165, 1.54) is 0 Å². The van der Waals surface area contributed by atoms with Crippen LogP contribution in [0.5, 0.6) is 0 Å². The van der Waals surface area contributed by atoms with E-state index in [1.54, 1.807) is 0 Å². The Kier molecular flexibility index (Phi) is 19.8. The van der Waals surface area contributed by atoms with Crippen LogP contribution < -0.4 is 0 Å². The van der Waals surface area contributed by atoms with E-state index < -0.39 is 5.69 Å². The first-order chi connectivity index (χ1) is 6.12. The summed E-state index contributed by atoms with van der Waals surface area (Å²) in [5, 5.41) is 0. The first-order valence-corrected chi connectivity index (χ1v) is 8.53. The predicted octanol–water partition coefficient (Wildman–Crippen LogP) is 2.95. The molecule has 0 aliphatic carbocycles. The van der Waals surface area contributed by atoms with Crippen LogP contribution in [0.4, 0.5) is 0 Å². The van der Waals surface area contributed by atoms with Gasteiger partial charge in [-0.05, 0) is 24.6 Å². The van der Waals surface area contributed by atoms with E-state index in [1.807, 2.05) is 0 Å². The number of hydrogen-bond donors (Lipinski definition) is 1. The third-order valence-electron chi connectivity index (χ3n) is 1.50. The molecule has 0 atom stereocenters. The maximum atomic E-state index is 5.38. The van der Waals surface area contributed by atoms with E-state index in [0.29, 0.717) is 13.2 Å². The minimum absolute atomic E-state index is 0. The van der Waals surface area contributed by atoms with Gasteiger partial charge >= 0.3 is 0 Å². The Morgan fingerprint density at radius 3 is 1.67 bits per heavy atom. The van der Waals surface area contributed by atoms with E-state index in [4.69, 9.17) is 20.9 Å². The molecule has 3 nitrogen and oxygen atoms in total. The molecule has 0 rings (SSSR count). The number of rotatable bonds is 8. The number of hydrogen-bond acceptors (Lipinski definition) is 3. The van der Waals surface area contributed by atoms with E-state index in [-0.39, 0.29) is 26.5 Å². The summed E-state index contributed by atoms with van der Waals surface area (Å²) in [4.78, 5) is 0. The van der Waals surface area contributed by atoms with E-state index in [2.05, 4.69) is 26.1 Å². The van der Waals surface area contributed by atoms with E-state index in [0.717, 1.165) is 25.7 Å². The molecule has 2 N–H and O–H groups in total. The van der Waals surface area contributed by atoms with Gasteiger partial charge in [-0.3, -0.25) is 0 Å². The van der Waals surface area contributed by atoms with Crippen LogP contribution in [0.15, 0.2) is 0 Å². The molecule has 0 radical (unpaired) electrons. The smallest absolute Gasteiger partial charge is 0.244 e. The zero-order chi connectivity index (χ0) is 10.2. The fourth-order valence-corrected chi connectivity index (χ4v) is 2.42. The minimum Gasteiger partial charge on any atom is -0.412 e. The van der Waals surface area contributed by atoms with Gasteiger partial charge in [0, 0.05) is 21.1 Å². The normalized spacial score (nSPS) is 10.3. The van der Waals surface area contributed by atoms with Crippen LogP contribution in [-0.2, 0) is 41.9 Å². The quantitative estimate of drug-likeness (QED) is 0.315. The molecular formula is C8H21MoO3PS2. The second-order valence-corrected chi connectivity index (χ2v) is 8.13. The van der Waals surface area contributed by atoms with Crippen LogP contribution in [0.2, 0.25) is 0 Å². The standard InChI is InChI=1S/C8H19O2PS2.Mo.H2O/c1-3-5-7-9-11(12,13)10-8-6-4-2;;/h3-8H2,1-2H3,(H,12,13);;1H2. The number of thiol groups is 1.